The number of ether oxygens (including phenoxy) is 1. The third-order valence-corrected chi connectivity index (χ3v) is 1.79. The second kappa shape index (κ2) is 4.39. The van der Waals surface area contributed by atoms with Crippen LogP contribution in [0.2, 0.25) is 0 Å². The van der Waals surface area contributed by atoms with Gasteiger partial charge in [0.15, 0.2) is 0 Å². The zero-order chi connectivity index (χ0) is 9.78. The van der Waals surface area contributed by atoms with Crippen LogP contribution in [0.4, 0.5) is 0 Å². The molecule has 0 aromatic heterocycles. The van der Waals surface area contributed by atoms with Crippen molar-refractivity contribution in [3.63, 3.8) is 0 Å². The van der Waals surface area contributed by atoms with E-state index in [9.17, 15) is 13.2 Å². The molecule has 0 amide bonds. The molecular weight excluding hydrogens is 184 g/mol. The number of esters is 1. The van der Waals surface area contributed by atoms with E-state index in [4.69, 9.17) is 5.73 Å². The summed E-state index contributed by atoms with van der Waals surface area (Å²) in [5, 5.41) is 0. The van der Waals surface area contributed by atoms with Crippen molar-refractivity contribution in [1.82, 2.24) is 4.72 Å². The summed E-state index contributed by atoms with van der Waals surface area (Å²) in [6, 6.07) is -0.995. The molecule has 0 saturated carbocycles. The van der Waals surface area contributed by atoms with E-state index >= 15 is 0 Å². The first kappa shape index (κ1) is 11.3. The van der Waals surface area contributed by atoms with Gasteiger partial charge in [0.25, 0.3) is 0 Å². The van der Waals surface area contributed by atoms with Crippen LogP contribution in [-0.2, 0) is 19.6 Å². The summed E-state index contributed by atoms with van der Waals surface area (Å²) < 4.78 is 27.6. The predicted octanol–water partition coefficient (Wildman–Crippen LogP) is -1.96. The summed E-state index contributed by atoms with van der Waals surface area (Å²) in [7, 11) is -2.26. The highest BCUT2D eigenvalue weighted by atomic mass is 32.2. The molecule has 0 saturated heterocycles. The fraction of sp³-hybridized carbons (Fsp3) is 0.800. The van der Waals surface area contributed by atoms with Crippen LogP contribution >= 0.6 is 0 Å². The molecule has 72 valence electrons. The summed E-state index contributed by atoms with van der Waals surface area (Å²) in [6.07, 6.45) is 0.943. The van der Waals surface area contributed by atoms with Gasteiger partial charge in [-0.2, -0.15) is 4.72 Å². The van der Waals surface area contributed by atoms with Crippen molar-refractivity contribution in [1.29, 1.82) is 0 Å². The van der Waals surface area contributed by atoms with Crippen molar-refractivity contribution in [2.45, 2.75) is 6.04 Å². The zero-order valence-electron chi connectivity index (χ0n) is 6.90. The van der Waals surface area contributed by atoms with Crippen LogP contribution in [0.3, 0.4) is 0 Å². The van der Waals surface area contributed by atoms with Crippen molar-refractivity contribution < 1.29 is 17.9 Å². The highest BCUT2D eigenvalue weighted by Crippen LogP contribution is 1.87. The SMILES string of the molecule is COC(=O)[C@H](CN)NS(C)(=O)=O. The van der Waals surface area contributed by atoms with E-state index in [1.54, 1.807) is 0 Å². The maximum Gasteiger partial charge on any atom is 0.325 e. The van der Waals surface area contributed by atoms with E-state index < -0.39 is 22.0 Å². The highest BCUT2D eigenvalue weighted by Gasteiger charge is 2.20. The van der Waals surface area contributed by atoms with Gasteiger partial charge in [-0.05, 0) is 0 Å². The Kier molecular flexibility index (Phi) is 4.15. The second-order valence-corrected chi connectivity index (χ2v) is 3.98. The molecule has 0 aliphatic heterocycles. The number of hydrogen-bond donors (Lipinski definition) is 2. The van der Waals surface area contributed by atoms with E-state index in [0.717, 1.165) is 13.4 Å². The maximum absolute atomic E-state index is 10.8. The Labute approximate surface area is 71.1 Å². The van der Waals surface area contributed by atoms with E-state index in [2.05, 4.69) is 4.74 Å². The first-order valence-corrected chi connectivity index (χ1v) is 5.05. The molecule has 0 aromatic rings. The second-order valence-electron chi connectivity index (χ2n) is 2.20. The van der Waals surface area contributed by atoms with Gasteiger partial charge in [-0.3, -0.25) is 4.79 Å². The standard InChI is InChI=1S/C5H12N2O4S/c1-11-5(8)4(3-6)7-12(2,9)10/h4,7H,3,6H2,1-2H3/t4-/m0/s1. The molecule has 12 heavy (non-hydrogen) atoms. The Morgan fingerprint density at radius 3 is 2.42 bits per heavy atom. The van der Waals surface area contributed by atoms with Crippen LogP contribution in [0.5, 0.6) is 0 Å². The van der Waals surface area contributed by atoms with Crippen LogP contribution in [0.15, 0.2) is 0 Å². The maximum atomic E-state index is 10.8. The van der Waals surface area contributed by atoms with Crippen molar-refractivity contribution in [2.24, 2.45) is 5.73 Å². The first-order chi connectivity index (χ1) is 5.40. The van der Waals surface area contributed by atoms with Crippen LogP contribution in [-0.4, -0.2) is 40.3 Å². The minimum atomic E-state index is -3.42. The van der Waals surface area contributed by atoms with Gasteiger partial charge in [-0.25, -0.2) is 8.42 Å². The lowest BCUT2D eigenvalue weighted by Gasteiger charge is -2.11. The van der Waals surface area contributed by atoms with Gasteiger partial charge >= 0.3 is 5.97 Å². The van der Waals surface area contributed by atoms with Crippen LogP contribution in [0, 0.1) is 0 Å². The summed E-state index contributed by atoms with van der Waals surface area (Å²) in [6.45, 7) is -0.125. The topological polar surface area (TPSA) is 98.5 Å². The largest absolute Gasteiger partial charge is 0.468 e. The third-order valence-electron chi connectivity index (χ3n) is 1.08. The Balaban J connectivity index is 4.29. The number of methoxy groups -OCH3 is 1. The monoisotopic (exact) mass is 196 g/mol. The molecule has 0 fully saturated rings. The predicted molar refractivity (Wildman–Crippen MR) is 42.8 cm³/mol. The molecule has 0 rings (SSSR count). The van der Waals surface area contributed by atoms with Gasteiger partial charge in [0.05, 0.1) is 13.4 Å². The van der Waals surface area contributed by atoms with Gasteiger partial charge in [-0.1, -0.05) is 0 Å². The molecule has 3 N–H and O–H groups in total. The molecule has 6 nitrogen and oxygen atoms in total. The molecule has 0 aromatic carbocycles. The van der Waals surface area contributed by atoms with Crippen molar-refractivity contribution in [3.05, 3.63) is 0 Å². The summed E-state index contributed by atoms with van der Waals surface area (Å²) in [5.41, 5.74) is 5.13. The lowest BCUT2D eigenvalue weighted by Crippen LogP contribution is -2.45. The van der Waals surface area contributed by atoms with Gasteiger partial charge in [0.1, 0.15) is 6.04 Å². The van der Waals surface area contributed by atoms with Crippen LogP contribution < -0.4 is 10.5 Å². The Hall–Kier alpha value is -0.660. The van der Waals surface area contributed by atoms with Crippen molar-refractivity contribution in [2.75, 3.05) is 19.9 Å². The van der Waals surface area contributed by atoms with E-state index in [1.807, 2.05) is 4.72 Å². The number of nitrogens with one attached hydrogen (secondary N) is 1. The molecule has 1 atom stereocenters. The first-order valence-electron chi connectivity index (χ1n) is 3.16. The van der Waals surface area contributed by atoms with Gasteiger partial charge in [0.2, 0.25) is 10.0 Å². The number of rotatable bonds is 4. The van der Waals surface area contributed by atoms with Crippen LogP contribution in [0.25, 0.3) is 0 Å². The molecule has 0 aliphatic carbocycles. The Morgan fingerprint density at radius 2 is 2.17 bits per heavy atom. The molecule has 0 unspecified atom stereocenters. The lowest BCUT2D eigenvalue weighted by molar-refractivity contribution is -0.142. The smallest absolute Gasteiger partial charge is 0.325 e. The average molecular weight is 196 g/mol. The quantitative estimate of drug-likeness (QED) is 0.508. The minimum absolute atomic E-state index is 0.125. The molecule has 0 bridgehead atoms. The van der Waals surface area contributed by atoms with Gasteiger partial charge in [-0.15, -0.1) is 0 Å². The molecule has 7 heteroatoms. The Morgan fingerprint density at radius 1 is 1.67 bits per heavy atom. The zero-order valence-corrected chi connectivity index (χ0v) is 7.72. The van der Waals surface area contributed by atoms with E-state index in [0.29, 0.717) is 0 Å². The van der Waals surface area contributed by atoms with Crippen molar-refractivity contribution in [3.8, 4) is 0 Å². The molecule has 0 aliphatic rings. The Bertz CT molecular complexity index is 248. The summed E-state index contributed by atoms with van der Waals surface area (Å²) >= 11 is 0. The lowest BCUT2D eigenvalue weighted by atomic mass is 10.3. The third kappa shape index (κ3) is 4.27. The number of carbonyl (C=O) groups excluding carboxylic acids is 1. The molecule has 0 heterocycles. The van der Waals surface area contributed by atoms with Gasteiger partial charge < -0.3 is 10.5 Å². The molecule has 0 radical (unpaired) electrons. The number of sulfonamides is 1. The summed E-state index contributed by atoms with van der Waals surface area (Å²) in [4.78, 5) is 10.8. The minimum Gasteiger partial charge on any atom is -0.468 e. The van der Waals surface area contributed by atoms with Gasteiger partial charge in [0, 0.05) is 6.54 Å². The van der Waals surface area contributed by atoms with Crippen LogP contribution in [0.1, 0.15) is 0 Å². The highest BCUT2D eigenvalue weighted by molar-refractivity contribution is 7.88. The van der Waals surface area contributed by atoms with E-state index in [-0.39, 0.29) is 6.54 Å². The average Bonchev–Trinajstić information content (AvgIpc) is 1.97. The number of carbonyl (C=O) groups is 1. The fourth-order valence-electron chi connectivity index (χ4n) is 0.593. The molecular formula is C5H12N2O4S. The number of nitrogens with two attached hydrogens (primary N) is 1. The fourth-order valence-corrected chi connectivity index (χ4v) is 1.30. The van der Waals surface area contributed by atoms with Crippen molar-refractivity contribution >= 4 is 16.0 Å². The summed E-state index contributed by atoms with van der Waals surface area (Å²) in [5.74, 6) is -0.692. The van der Waals surface area contributed by atoms with E-state index in [1.165, 1.54) is 0 Å². The normalized spacial score (nSPS) is 13.9. The number of hydrogen-bond acceptors (Lipinski definition) is 5. The molecule has 0 spiro atoms.